The minimum atomic E-state index is 0.0143. The van der Waals surface area contributed by atoms with E-state index < -0.39 is 0 Å². The molecule has 0 atom stereocenters. The predicted molar refractivity (Wildman–Crippen MR) is 84.2 cm³/mol. The number of carbonyl (C=O) groups is 1. The van der Waals surface area contributed by atoms with Crippen LogP contribution in [0.1, 0.15) is 23.6 Å². The molecule has 2 heterocycles. The Kier molecular flexibility index (Phi) is 3.40. The molecule has 2 aromatic rings. The summed E-state index contributed by atoms with van der Waals surface area (Å²) in [4.78, 5) is 17.9. The fraction of sp³-hybridized carbons (Fsp3) is 0.125. The number of hydrogen-bond donors (Lipinski definition) is 0. The molecule has 100 valence electrons. The minimum Gasteiger partial charge on any atom is -0.306 e. The summed E-state index contributed by atoms with van der Waals surface area (Å²) in [6.45, 7) is 2.13. The van der Waals surface area contributed by atoms with Crippen LogP contribution in [0.25, 0.3) is 12.2 Å². The highest BCUT2D eigenvalue weighted by molar-refractivity contribution is 9.10. The van der Waals surface area contributed by atoms with Crippen LogP contribution in [0.4, 0.5) is 5.69 Å². The molecule has 3 rings (SSSR count). The van der Waals surface area contributed by atoms with E-state index >= 15 is 0 Å². The van der Waals surface area contributed by atoms with Crippen molar-refractivity contribution in [2.75, 3.05) is 4.90 Å². The van der Waals surface area contributed by atoms with Crippen LogP contribution in [-0.4, -0.2) is 10.9 Å². The van der Waals surface area contributed by atoms with E-state index in [4.69, 9.17) is 0 Å². The lowest BCUT2D eigenvalue weighted by atomic mass is 10.0. The van der Waals surface area contributed by atoms with Gasteiger partial charge in [-0.25, -0.2) is 0 Å². The Labute approximate surface area is 126 Å². The van der Waals surface area contributed by atoms with Crippen molar-refractivity contribution in [3.63, 3.8) is 0 Å². The molecule has 0 unspecified atom stereocenters. The third-order valence-electron chi connectivity index (χ3n) is 3.38. The lowest BCUT2D eigenvalue weighted by molar-refractivity contribution is -0.116. The van der Waals surface area contributed by atoms with Gasteiger partial charge in [0.25, 0.3) is 0 Å². The number of carbonyl (C=O) groups excluding carboxylic acids is 1. The number of nitrogens with zero attached hydrogens (tertiary/aromatic N) is 2. The van der Waals surface area contributed by atoms with E-state index in [2.05, 4.69) is 39.1 Å². The maximum Gasteiger partial charge on any atom is 0.224 e. The second kappa shape index (κ2) is 5.21. The monoisotopic (exact) mass is 328 g/mol. The molecule has 0 saturated carbocycles. The van der Waals surface area contributed by atoms with Gasteiger partial charge in [-0.15, -0.1) is 0 Å². The lowest BCUT2D eigenvalue weighted by Crippen LogP contribution is -2.29. The number of fused-ring (bicyclic) bond motifs is 2. The van der Waals surface area contributed by atoms with Crippen molar-refractivity contribution in [3.05, 3.63) is 57.8 Å². The van der Waals surface area contributed by atoms with Gasteiger partial charge in [0.05, 0.1) is 18.4 Å². The normalized spacial score (nSPS) is 13.2. The molecule has 1 aliphatic heterocycles. The van der Waals surface area contributed by atoms with Crippen LogP contribution in [0.2, 0.25) is 0 Å². The predicted octanol–water partition coefficient (Wildman–Crippen LogP) is 3.88. The molecular formula is C16H13BrN2O. The molecule has 0 radical (unpaired) electrons. The summed E-state index contributed by atoms with van der Waals surface area (Å²) in [6.07, 6.45) is 7.59. The maximum absolute atomic E-state index is 12.0. The zero-order valence-electron chi connectivity index (χ0n) is 11.0. The van der Waals surface area contributed by atoms with E-state index in [0.29, 0.717) is 6.54 Å². The summed E-state index contributed by atoms with van der Waals surface area (Å²) in [6, 6.07) is 8.04. The summed E-state index contributed by atoms with van der Waals surface area (Å²) in [5.41, 5.74) is 4.09. The molecule has 0 saturated heterocycles. The number of rotatable bonds is 0. The van der Waals surface area contributed by atoms with Gasteiger partial charge in [-0.05, 0) is 29.3 Å². The average molecular weight is 329 g/mol. The van der Waals surface area contributed by atoms with Crippen molar-refractivity contribution in [2.24, 2.45) is 0 Å². The Hall–Kier alpha value is -1.94. The van der Waals surface area contributed by atoms with Crippen LogP contribution >= 0.6 is 15.9 Å². The van der Waals surface area contributed by atoms with Crippen LogP contribution in [0, 0.1) is 0 Å². The quantitative estimate of drug-likeness (QED) is 0.735. The van der Waals surface area contributed by atoms with Crippen molar-refractivity contribution in [2.45, 2.75) is 13.5 Å². The van der Waals surface area contributed by atoms with E-state index in [0.717, 1.165) is 26.9 Å². The van der Waals surface area contributed by atoms with Gasteiger partial charge >= 0.3 is 0 Å². The Morgan fingerprint density at radius 3 is 2.85 bits per heavy atom. The van der Waals surface area contributed by atoms with Gasteiger partial charge in [0, 0.05) is 23.2 Å². The van der Waals surface area contributed by atoms with Crippen molar-refractivity contribution < 1.29 is 4.79 Å². The van der Waals surface area contributed by atoms with E-state index in [9.17, 15) is 4.79 Å². The molecular weight excluding hydrogens is 316 g/mol. The van der Waals surface area contributed by atoms with Gasteiger partial charge in [0.15, 0.2) is 0 Å². The molecule has 4 heteroatoms. The number of anilines is 1. The van der Waals surface area contributed by atoms with Gasteiger partial charge in [-0.3, -0.25) is 9.78 Å². The molecule has 0 fully saturated rings. The lowest BCUT2D eigenvalue weighted by Gasteiger charge is -2.25. The smallest absolute Gasteiger partial charge is 0.224 e. The second-order valence-corrected chi connectivity index (χ2v) is 5.63. The highest BCUT2D eigenvalue weighted by Crippen LogP contribution is 2.29. The highest BCUT2D eigenvalue weighted by atomic mass is 79.9. The van der Waals surface area contributed by atoms with E-state index in [1.54, 1.807) is 24.2 Å². The molecule has 1 aromatic heterocycles. The van der Waals surface area contributed by atoms with Crippen molar-refractivity contribution >= 4 is 39.7 Å². The summed E-state index contributed by atoms with van der Waals surface area (Å²) in [5, 5.41) is 0. The molecule has 0 N–H and O–H groups in total. The van der Waals surface area contributed by atoms with Crippen molar-refractivity contribution in [1.29, 1.82) is 0 Å². The summed E-state index contributed by atoms with van der Waals surface area (Å²) in [5.74, 6) is 0.0143. The van der Waals surface area contributed by atoms with Crippen molar-refractivity contribution in [1.82, 2.24) is 4.98 Å². The fourth-order valence-corrected chi connectivity index (χ4v) is 2.76. The molecule has 1 aromatic carbocycles. The number of aromatic nitrogens is 1. The largest absolute Gasteiger partial charge is 0.306 e. The summed E-state index contributed by atoms with van der Waals surface area (Å²) >= 11 is 3.48. The number of pyridine rings is 1. The number of hydrogen-bond acceptors (Lipinski definition) is 2. The second-order valence-electron chi connectivity index (χ2n) is 4.72. The SMILES string of the molecule is CC(=O)N1Cc2cc(Br)ccc2C=Cc2ccncc21. The molecule has 0 aliphatic carbocycles. The van der Waals surface area contributed by atoms with E-state index in [-0.39, 0.29) is 5.91 Å². The first-order chi connectivity index (χ1) is 9.65. The van der Waals surface area contributed by atoms with E-state index in [1.807, 2.05) is 18.2 Å². The van der Waals surface area contributed by atoms with Gasteiger partial charge < -0.3 is 4.90 Å². The van der Waals surface area contributed by atoms with Crippen LogP contribution < -0.4 is 4.90 Å². The van der Waals surface area contributed by atoms with Gasteiger partial charge in [-0.2, -0.15) is 0 Å². The van der Waals surface area contributed by atoms with Crippen LogP contribution in [-0.2, 0) is 11.3 Å². The van der Waals surface area contributed by atoms with Crippen LogP contribution in [0.3, 0.4) is 0 Å². The maximum atomic E-state index is 12.0. The van der Waals surface area contributed by atoms with Gasteiger partial charge in [-0.1, -0.05) is 34.1 Å². The standard InChI is InChI=1S/C16H13BrN2O/c1-11(20)19-10-14-8-15(17)5-4-12(14)2-3-13-6-7-18-9-16(13)19/h2-9H,10H2,1H3. The number of amides is 1. The molecule has 1 aliphatic rings. The van der Waals surface area contributed by atoms with E-state index in [1.165, 1.54) is 0 Å². The highest BCUT2D eigenvalue weighted by Gasteiger charge is 2.18. The molecule has 3 nitrogen and oxygen atoms in total. The minimum absolute atomic E-state index is 0.0143. The molecule has 20 heavy (non-hydrogen) atoms. The van der Waals surface area contributed by atoms with Crippen LogP contribution in [0.15, 0.2) is 41.1 Å². The number of benzene rings is 1. The Bertz CT molecular complexity index is 709. The zero-order chi connectivity index (χ0) is 14.1. The Morgan fingerprint density at radius 2 is 2.05 bits per heavy atom. The first-order valence-electron chi connectivity index (χ1n) is 6.34. The van der Waals surface area contributed by atoms with Crippen molar-refractivity contribution in [3.8, 4) is 0 Å². The molecule has 1 amide bonds. The zero-order valence-corrected chi connectivity index (χ0v) is 12.6. The van der Waals surface area contributed by atoms with Gasteiger partial charge in [0.1, 0.15) is 0 Å². The Balaban J connectivity index is 2.19. The van der Waals surface area contributed by atoms with Crippen LogP contribution in [0.5, 0.6) is 0 Å². The average Bonchev–Trinajstić information content (AvgIpc) is 2.41. The first-order valence-corrected chi connectivity index (χ1v) is 7.13. The third-order valence-corrected chi connectivity index (χ3v) is 3.87. The summed E-state index contributed by atoms with van der Waals surface area (Å²) in [7, 11) is 0. The molecule has 0 spiro atoms. The third kappa shape index (κ3) is 2.39. The number of halogens is 1. The fourth-order valence-electron chi connectivity index (χ4n) is 2.35. The molecule has 0 bridgehead atoms. The van der Waals surface area contributed by atoms with Gasteiger partial charge in [0.2, 0.25) is 5.91 Å². The Morgan fingerprint density at radius 1 is 1.25 bits per heavy atom. The summed E-state index contributed by atoms with van der Waals surface area (Å²) < 4.78 is 1.01. The first kappa shape index (κ1) is 13.1. The topological polar surface area (TPSA) is 33.2 Å².